The van der Waals surface area contributed by atoms with Gasteiger partial charge in [-0.2, -0.15) is 0 Å². The normalized spacial score (nSPS) is 16.0. The first-order valence-corrected chi connectivity index (χ1v) is 6.21. The van der Waals surface area contributed by atoms with Crippen LogP contribution in [0.2, 0.25) is 6.55 Å². The van der Waals surface area contributed by atoms with Crippen molar-refractivity contribution in [1.82, 2.24) is 0 Å². The van der Waals surface area contributed by atoms with E-state index in [1.165, 1.54) is 0 Å². The van der Waals surface area contributed by atoms with Gasteiger partial charge in [0.2, 0.25) is 0 Å². The van der Waals surface area contributed by atoms with Gasteiger partial charge in [0.15, 0.2) is 0 Å². The number of hydrogen-bond donors (Lipinski definition) is 1. The predicted octanol–water partition coefficient (Wildman–Crippen LogP) is -0.103. The van der Waals surface area contributed by atoms with Crippen LogP contribution < -0.4 is 0 Å². The molecule has 0 rings (SSSR count). The number of rotatable bonds is 7. The second kappa shape index (κ2) is 7.69. The van der Waals surface area contributed by atoms with Gasteiger partial charge in [-0.15, -0.1) is 0 Å². The van der Waals surface area contributed by atoms with E-state index in [4.69, 9.17) is 18.7 Å². The Labute approximate surface area is 75.3 Å². The van der Waals surface area contributed by atoms with Crippen molar-refractivity contribution in [3.05, 3.63) is 0 Å². The summed E-state index contributed by atoms with van der Waals surface area (Å²) >= 11 is 0. The lowest BCUT2D eigenvalue weighted by molar-refractivity contribution is 0.000838. The third kappa shape index (κ3) is 8.16. The van der Waals surface area contributed by atoms with Crippen molar-refractivity contribution in [2.24, 2.45) is 0 Å². The zero-order valence-corrected chi connectivity index (χ0v) is 9.10. The lowest BCUT2D eigenvalue weighted by atomic mass is 10.4. The molecule has 0 bridgehead atoms. The molecule has 0 aliphatic carbocycles. The molecule has 0 spiro atoms. The molecule has 4 nitrogen and oxygen atoms in total. The maximum atomic E-state index is 8.91. The third-order valence-corrected chi connectivity index (χ3v) is 1.94. The van der Waals surface area contributed by atoms with Gasteiger partial charge in [0.25, 0.3) is 0 Å². The monoisotopic (exact) mass is 194 g/mol. The topological polar surface area (TPSA) is 47.9 Å². The Bertz CT molecular complexity index is 99.4. The average Bonchev–Trinajstić information content (AvgIpc) is 2.01. The van der Waals surface area contributed by atoms with E-state index in [-0.39, 0.29) is 6.10 Å². The van der Waals surface area contributed by atoms with E-state index in [2.05, 4.69) is 0 Å². The molecule has 2 unspecified atom stereocenters. The van der Waals surface area contributed by atoms with Gasteiger partial charge in [-0.05, 0) is 13.5 Å². The number of ether oxygens (including phenoxy) is 2. The Morgan fingerprint density at radius 1 is 1.42 bits per heavy atom. The molecule has 0 aliphatic rings. The van der Waals surface area contributed by atoms with Crippen LogP contribution in [0.1, 0.15) is 6.92 Å². The fraction of sp³-hybridized carbons (Fsp3) is 1.00. The zero-order valence-electron chi connectivity index (χ0n) is 7.95. The highest BCUT2D eigenvalue weighted by Gasteiger charge is 2.04. The molecule has 2 atom stereocenters. The summed E-state index contributed by atoms with van der Waals surface area (Å²) in [5, 5.41) is 0. The Morgan fingerprint density at radius 2 is 2.08 bits per heavy atom. The van der Waals surface area contributed by atoms with Crippen LogP contribution >= 0.6 is 0 Å². The molecule has 0 fully saturated rings. The fourth-order valence-electron chi connectivity index (χ4n) is 0.656. The SMILES string of the molecule is COCCOC(C)CO[SiH](C)O. The summed E-state index contributed by atoms with van der Waals surface area (Å²) in [5.74, 6) is 0. The molecule has 1 N–H and O–H groups in total. The lowest BCUT2D eigenvalue weighted by Gasteiger charge is -2.13. The smallest absolute Gasteiger partial charge is 0.315 e. The summed E-state index contributed by atoms with van der Waals surface area (Å²) in [7, 11) is -0.247. The standard InChI is InChI=1S/C7H18O4Si/c1-7(6-11-12(3)8)10-5-4-9-2/h7-8,12H,4-6H2,1-3H3. The summed E-state index contributed by atoms with van der Waals surface area (Å²) < 4.78 is 15.2. The molecule has 0 saturated heterocycles. The van der Waals surface area contributed by atoms with Gasteiger partial charge < -0.3 is 18.7 Å². The van der Waals surface area contributed by atoms with E-state index >= 15 is 0 Å². The highest BCUT2D eigenvalue weighted by molar-refractivity contribution is 6.40. The zero-order chi connectivity index (χ0) is 9.40. The maximum Gasteiger partial charge on any atom is 0.315 e. The summed E-state index contributed by atoms with van der Waals surface area (Å²) in [6.07, 6.45) is 0.0299. The molecule has 0 saturated carbocycles. The van der Waals surface area contributed by atoms with E-state index in [1.807, 2.05) is 6.92 Å². The van der Waals surface area contributed by atoms with Crippen LogP contribution in [0.5, 0.6) is 0 Å². The minimum atomic E-state index is -1.88. The first-order chi connectivity index (χ1) is 5.66. The molecule has 0 radical (unpaired) electrons. The largest absolute Gasteiger partial charge is 0.413 e. The van der Waals surface area contributed by atoms with Gasteiger partial charge in [-0.25, -0.2) is 0 Å². The van der Waals surface area contributed by atoms with E-state index < -0.39 is 9.28 Å². The molecule has 12 heavy (non-hydrogen) atoms. The Morgan fingerprint density at radius 3 is 2.58 bits per heavy atom. The van der Waals surface area contributed by atoms with Crippen molar-refractivity contribution < 1.29 is 18.7 Å². The Hall–Kier alpha value is 0.0569. The highest BCUT2D eigenvalue weighted by Crippen LogP contribution is 1.92. The van der Waals surface area contributed by atoms with E-state index in [1.54, 1.807) is 13.7 Å². The second-order valence-electron chi connectivity index (χ2n) is 2.61. The molecule has 0 aromatic carbocycles. The first kappa shape index (κ1) is 12.1. The van der Waals surface area contributed by atoms with Gasteiger partial charge >= 0.3 is 9.28 Å². The molecule has 5 heteroatoms. The van der Waals surface area contributed by atoms with Crippen LogP contribution in [-0.4, -0.2) is 47.1 Å². The quantitative estimate of drug-likeness (QED) is 0.454. The van der Waals surface area contributed by atoms with Crippen LogP contribution in [0.3, 0.4) is 0 Å². The molecule has 0 aromatic heterocycles. The van der Waals surface area contributed by atoms with Crippen LogP contribution in [0.25, 0.3) is 0 Å². The van der Waals surface area contributed by atoms with E-state index in [0.717, 1.165) is 0 Å². The summed E-state index contributed by atoms with van der Waals surface area (Å²) in [6.45, 7) is 5.25. The van der Waals surface area contributed by atoms with Gasteiger partial charge in [-0.1, -0.05) is 0 Å². The minimum Gasteiger partial charge on any atom is -0.413 e. The lowest BCUT2D eigenvalue weighted by Crippen LogP contribution is -2.23. The Balaban J connectivity index is 3.15. The van der Waals surface area contributed by atoms with Gasteiger partial charge in [0, 0.05) is 7.11 Å². The summed E-state index contributed by atoms with van der Waals surface area (Å²) in [5.41, 5.74) is 0. The maximum absolute atomic E-state index is 8.91. The van der Waals surface area contributed by atoms with Gasteiger partial charge in [0.1, 0.15) is 0 Å². The van der Waals surface area contributed by atoms with Crippen molar-refractivity contribution in [2.75, 3.05) is 26.9 Å². The average molecular weight is 194 g/mol. The molecular formula is C7H18O4Si. The number of hydrogen-bond acceptors (Lipinski definition) is 4. The molecule has 0 aromatic rings. The van der Waals surface area contributed by atoms with Crippen molar-refractivity contribution in [3.63, 3.8) is 0 Å². The highest BCUT2D eigenvalue weighted by atomic mass is 28.3. The molecule has 74 valence electrons. The van der Waals surface area contributed by atoms with Crippen molar-refractivity contribution in [3.8, 4) is 0 Å². The Kier molecular flexibility index (Phi) is 7.73. The van der Waals surface area contributed by atoms with Crippen LogP contribution in [-0.2, 0) is 13.9 Å². The molecule has 0 aliphatic heterocycles. The van der Waals surface area contributed by atoms with Crippen LogP contribution in [0.15, 0.2) is 0 Å². The van der Waals surface area contributed by atoms with E-state index in [0.29, 0.717) is 19.8 Å². The van der Waals surface area contributed by atoms with Crippen molar-refractivity contribution in [2.45, 2.75) is 19.6 Å². The third-order valence-electron chi connectivity index (χ3n) is 1.26. The summed E-state index contributed by atoms with van der Waals surface area (Å²) in [6, 6.07) is 0. The van der Waals surface area contributed by atoms with Gasteiger partial charge in [0.05, 0.1) is 25.9 Å². The molecular weight excluding hydrogens is 176 g/mol. The number of methoxy groups -OCH3 is 1. The first-order valence-electron chi connectivity index (χ1n) is 4.07. The molecule has 0 amide bonds. The predicted molar refractivity (Wildman–Crippen MR) is 48.5 cm³/mol. The molecule has 0 heterocycles. The fourth-order valence-corrected chi connectivity index (χ4v) is 1.21. The minimum absolute atomic E-state index is 0.0299. The second-order valence-corrected chi connectivity index (χ2v) is 4.14. The van der Waals surface area contributed by atoms with Crippen LogP contribution in [0, 0.1) is 0 Å². The van der Waals surface area contributed by atoms with Gasteiger partial charge in [-0.3, -0.25) is 0 Å². The van der Waals surface area contributed by atoms with Crippen molar-refractivity contribution in [1.29, 1.82) is 0 Å². The van der Waals surface area contributed by atoms with Crippen molar-refractivity contribution >= 4 is 9.28 Å². The van der Waals surface area contributed by atoms with E-state index in [9.17, 15) is 0 Å². The summed E-state index contributed by atoms with van der Waals surface area (Å²) in [4.78, 5) is 8.91. The van der Waals surface area contributed by atoms with Crippen LogP contribution in [0.4, 0.5) is 0 Å².